The second-order valence-corrected chi connectivity index (χ2v) is 17.9. The van der Waals surface area contributed by atoms with Crippen LogP contribution in [0.5, 0.6) is 0 Å². The van der Waals surface area contributed by atoms with Gasteiger partial charge in [-0.1, -0.05) is 46.3 Å². The van der Waals surface area contributed by atoms with Gasteiger partial charge in [0.25, 0.3) is 0 Å². The lowest BCUT2D eigenvalue weighted by molar-refractivity contribution is -0.301. The molecule has 0 aromatic heterocycles. The summed E-state index contributed by atoms with van der Waals surface area (Å²) < 4.78 is 23.8. The highest BCUT2D eigenvalue weighted by atomic mass is 16.7. The molecule has 6 fully saturated rings. The lowest BCUT2D eigenvalue weighted by Gasteiger charge is -2.61. The fourth-order valence-corrected chi connectivity index (χ4v) is 12.2. The summed E-state index contributed by atoms with van der Waals surface area (Å²) in [5.74, 6) is -1.73. The minimum absolute atomic E-state index is 0.0535. The average molecular weight is 675 g/mol. The van der Waals surface area contributed by atoms with Crippen molar-refractivity contribution in [3.8, 4) is 0 Å². The first-order valence-electron chi connectivity index (χ1n) is 17.8. The van der Waals surface area contributed by atoms with Crippen molar-refractivity contribution < 1.29 is 53.8 Å². The molecule has 0 aromatic rings. The van der Waals surface area contributed by atoms with E-state index in [-0.39, 0.29) is 52.9 Å². The van der Waals surface area contributed by atoms with Crippen molar-refractivity contribution in [3.63, 3.8) is 0 Å². The lowest BCUT2D eigenvalue weighted by Crippen LogP contribution is -2.61. The van der Waals surface area contributed by atoms with E-state index < -0.39 is 77.1 Å². The number of carbonyl (C=O) groups is 3. The molecule has 48 heavy (non-hydrogen) atoms. The highest BCUT2D eigenvalue weighted by Crippen LogP contribution is 2.88. The number of hydrogen-bond donors (Lipinski definition) is 4. The summed E-state index contributed by atoms with van der Waals surface area (Å²) in [6.07, 6.45) is -1.81. The number of hydrogen-bond acceptors (Lipinski definition) is 11. The summed E-state index contributed by atoms with van der Waals surface area (Å²) in [6, 6.07) is 0. The Bertz CT molecular complexity index is 1440. The van der Waals surface area contributed by atoms with Crippen molar-refractivity contribution in [1.29, 1.82) is 0 Å². The van der Waals surface area contributed by atoms with Crippen LogP contribution in [-0.4, -0.2) is 99.2 Å². The van der Waals surface area contributed by atoms with Crippen LogP contribution in [-0.2, 0) is 33.3 Å². The largest absolute Gasteiger partial charge is 0.462 e. The normalized spacial score (nSPS) is 51.8. The van der Waals surface area contributed by atoms with Gasteiger partial charge in [0.05, 0.1) is 18.3 Å². The van der Waals surface area contributed by atoms with Crippen LogP contribution in [0.15, 0.2) is 11.6 Å². The van der Waals surface area contributed by atoms with Gasteiger partial charge in [0.15, 0.2) is 17.9 Å². The molecular formula is C37H54O11. The molecule has 0 amide bonds. The predicted molar refractivity (Wildman–Crippen MR) is 170 cm³/mol. The Balaban J connectivity index is 1.22. The van der Waals surface area contributed by atoms with E-state index in [1.807, 2.05) is 34.6 Å². The maximum absolute atomic E-state index is 14.3. The second kappa shape index (κ2) is 10.7. The fraction of sp³-hybridized carbons (Fsp3) is 0.865. The van der Waals surface area contributed by atoms with Crippen LogP contribution in [0.25, 0.3) is 0 Å². The molecule has 2 saturated heterocycles. The number of epoxide rings is 1. The maximum Gasteiger partial charge on any atom is 0.302 e. The predicted octanol–water partition coefficient (Wildman–Crippen LogP) is 2.63. The molecule has 2 spiro atoms. The first kappa shape index (κ1) is 34.7. The van der Waals surface area contributed by atoms with Crippen molar-refractivity contribution in [1.82, 2.24) is 0 Å². The highest BCUT2D eigenvalue weighted by molar-refractivity contribution is 5.93. The van der Waals surface area contributed by atoms with E-state index in [0.717, 1.165) is 18.4 Å². The molecule has 0 bridgehead atoms. The van der Waals surface area contributed by atoms with Gasteiger partial charge in [-0.3, -0.25) is 14.4 Å². The van der Waals surface area contributed by atoms with Gasteiger partial charge in [-0.2, -0.15) is 0 Å². The van der Waals surface area contributed by atoms with Crippen molar-refractivity contribution in [2.75, 3.05) is 6.61 Å². The molecule has 7 rings (SSSR count). The summed E-state index contributed by atoms with van der Waals surface area (Å²) in [6.45, 7) is 15.2. The van der Waals surface area contributed by atoms with E-state index in [4.69, 9.17) is 18.9 Å². The Kier molecular flexibility index (Phi) is 7.70. The number of aliphatic hydroxyl groups is 4. The molecule has 2 aliphatic heterocycles. The molecule has 4 saturated carbocycles. The number of carbonyl (C=O) groups excluding carboxylic acids is 3. The van der Waals surface area contributed by atoms with Gasteiger partial charge in [0, 0.05) is 35.5 Å². The van der Waals surface area contributed by atoms with Gasteiger partial charge in [-0.05, 0) is 68.6 Å². The van der Waals surface area contributed by atoms with Gasteiger partial charge in [0.2, 0.25) is 0 Å². The third-order valence-corrected chi connectivity index (χ3v) is 14.9. The van der Waals surface area contributed by atoms with Gasteiger partial charge < -0.3 is 39.4 Å². The molecule has 7 aliphatic rings. The fourth-order valence-electron chi connectivity index (χ4n) is 12.2. The van der Waals surface area contributed by atoms with Gasteiger partial charge in [-0.25, -0.2) is 0 Å². The number of esters is 1. The molecule has 11 heteroatoms. The van der Waals surface area contributed by atoms with E-state index in [2.05, 4.69) is 19.9 Å². The van der Waals surface area contributed by atoms with Crippen LogP contribution in [0, 0.1) is 44.8 Å². The Hall–Kier alpha value is -1.73. The number of aliphatic hydroxyl groups excluding tert-OH is 4. The van der Waals surface area contributed by atoms with E-state index >= 15 is 0 Å². The van der Waals surface area contributed by atoms with Gasteiger partial charge in [0.1, 0.15) is 36.6 Å². The molecule has 0 unspecified atom stereocenters. The lowest BCUT2D eigenvalue weighted by atomic mass is 9.44. The number of Topliss-reactive ketones (excluding diaryl/α,β-unsaturated/α-hetero) is 2. The summed E-state index contributed by atoms with van der Waals surface area (Å²) in [5.41, 5.74) is -2.31. The Morgan fingerprint density at radius 2 is 1.71 bits per heavy atom. The zero-order valence-corrected chi connectivity index (χ0v) is 29.5. The van der Waals surface area contributed by atoms with Crippen LogP contribution in [0.2, 0.25) is 0 Å². The van der Waals surface area contributed by atoms with Gasteiger partial charge in [-0.15, -0.1) is 0 Å². The van der Waals surface area contributed by atoms with E-state index in [1.54, 1.807) is 0 Å². The minimum Gasteiger partial charge on any atom is -0.462 e. The van der Waals surface area contributed by atoms with E-state index in [0.29, 0.717) is 19.3 Å². The van der Waals surface area contributed by atoms with E-state index in [9.17, 15) is 34.8 Å². The number of allylic oxidation sites excluding steroid dienone is 1. The van der Waals surface area contributed by atoms with Gasteiger partial charge >= 0.3 is 5.97 Å². The molecule has 0 aromatic carbocycles. The van der Waals surface area contributed by atoms with Crippen LogP contribution in [0.1, 0.15) is 93.9 Å². The minimum atomic E-state index is -1.37. The number of ether oxygens (including phenoxy) is 4. The van der Waals surface area contributed by atoms with Crippen molar-refractivity contribution in [2.45, 2.75) is 149 Å². The van der Waals surface area contributed by atoms with Crippen LogP contribution < -0.4 is 0 Å². The van der Waals surface area contributed by atoms with Crippen LogP contribution in [0.3, 0.4) is 0 Å². The zero-order valence-electron chi connectivity index (χ0n) is 29.5. The summed E-state index contributed by atoms with van der Waals surface area (Å²) in [4.78, 5) is 40.3. The third-order valence-electron chi connectivity index (χ3n) is 14.9. The molecule has 5 aliphatic carbocycles. The standard InChI is InChI=1S/C37H54O11/c1-17(13-19(39)30-33(5,6)48-30)25-27(42)29(44)34(7)22-10-9-21-32(3,4)23(47-31-28(43)26(41)20(40)15-45-31)11-12-36(21)16-37(22,36)14-24(35(25,34)8)46-18(2)38/h10,17,20-21,23-26,28-31,40-41,43-44H,9,11-16H2,1-8H3/t17-,20+,21+,23+,24+,25-,26+,28-,29+,30-,31+,34-,35-,36-,37+/m1/s1. The molecule has 2 heterocycles. The number of rotatable bonds is 7. The maximum atomic E-state index is 14.3. The van der Waals surface area contributed by atoms with Crippen LogP contribution in [0.4, 0.5) is 0 Å². The molecule has 11 nitrogen and oxygen atoms in total. The first-order valence-corrected chi connectivity index (χ1v) is 17.8. The van der Waals surface area contributed by atoms with Crippen molar-refractivity contribution in [3.05, 3.63) is 11.6 Å². The molecule has 15 atom stereocenters. The summed E-state index contributed by atoms with van der Waals surface area (Å²) >= 11 is 0. The van der Waals surface area contributed by atoms with Crippen molar-refractivity contribution >= 4 is 17.5 Å². The Morgan fingerprint density at radius 1 is 1.04 bits per heavy atom. The third kappa shape index (κ3) is 4.34. The highest BCUT2D eigenvalue weighted by Gasteiger charge is 2.85. The monoisotopic (exact) mass is 674 g/mol. The smallest absolute Gasteiger partial charge is 0.302 e. The Morgan fingerprint density at radius 3 is 2.33 bits per heavy atom. The quantitative estimate of drug-likeness (QED) is 0.178. The second-order valence-electron chi connectivity index (χ2n) is 17.9. The molecule has 0 radical (unpaired) electrons. The zero-order chi connectivity index (χ0) is 35.1. The number of ketones is 2. The molecule has 268 valence electrons. The summed E-state index contributed by atoms with van der Waals surface area (Å²) in [7, 11) is 0. The Labute approximate surface area is 282 Å². The molecular weight excluding hydrogens is 620 g/mol. The summed E-state index contributed by atoms with van der Waals surface area (Å²) in [5, 5.41) is 42.9. The SMILES string of the molecule is CC(=O)O[C@H]1C[C@@]23C[C@@]24CC[C@H](O[C@@H]2OC[C@H](O)[C@H](O)[C@H]2O)C(C)(C)[C@@H]4CC=C3[C@]2(C)[C@@H](O)C(=O)[C@@H]([C@H](C)CC(=O)[C@H]3OC3(C)C)[C@@]12C. The topological polar surface area (TPSA) is 172 Å². The van der Waals surface area contributed by atoms with Crippen LogP contribution >= 0.6 is 0 Å². The number of fused-ring (bicyclic) bond motifs is 2. The van der Waals surface area contributed by atoms with E-state index in [1.165, 1.54) is 6.92 Å². The first-order chi connectivity index (χ1) is 22.2. The molecule has 4 N–H and O–H groups in total. The van der Waals surface area contributed by atoms with Crippen molar-refractivity contribution in [2.24, 2.45) is 44.8 Å². The average Bonchev–Trinajstić information content (AvgIpc) is 3.84.